The van der Waals surface area contributed by atoms with Gasteiger partial charge in [0.1, 0.15) is 12.4 Å². The minimum atomic E-state index is -4.34. The zero-order valence-electron chi connectivity index (χ0n) is 9.54. The van der Waals surface area contributed by atoms with Gasteiger partial charge in [-0.1, -0.05) is 12.1 Å². The highest BCUT2D eigenvalue weighted by Crippen LogP contribution is 2.31. The van der Waals surface area contributed by atoms with Gasteiger partial charge in [0.15, 0.2) is 0 Å². The molecule has 0 amide bonds. The number of aromatic amines is 1. The number of nitrogens with zero attached hydrogens (tertiary/aromatic N) is 1. The van der Waals surface area contributed by atoms with Crippen molar-refractivity contribution in [1.29, 1.82) is 0 Å². The average Bonchev–Trinajstić information content (AvgIpc) is 2.70. The normalized spacial score (nSPS) is 11.8. The van der Waals surface area contributed by atoms with Crippen LogP contribution in [0.1, 0.15) is 17.1 Å². The number of aryl methyl sites for hydroxylation is 1. The van der Waals surface area contributed by atoms with Crippen molar-refractivity contribution in [1.82, 2.24) is 9.97 Å². The van der Waals surface area contributed by atoms with Gasteiger partial charge in [-0.3, -0.25) is 0 Å². The number of hydrogen-bond donors (Lipinski definition) is 2. The Morgan fingerprint density at radius 1 is 1.22 bits per heavy atom. The van der Waals surface area contributed by atoms with Gasteiger partial charge in [-0.15, -0.1) is 0 Å². The molecule has 0 spiro atoms. The van der Waals surface area contributed by atoms with Crippen molar-refractivity contribution in [2.45, 2.75) is 19.7 Å². The number of imidazole rings is 1. The molecule has 1 heterocycles. The predicted octanol–water partition coefficient (Wildman–Crippen LogP) is 2.90. The summed E-state index contributed by atoms with van der Waals surface area (Å²) >= 11 is 0. The van der Waals surface area contributed by atoms with Crippen molar-refractivity contribution in [2.24, 2.45) is 0 Å². The third-order valence-corrected chi connectivity index (χ3v) is 2.57. The topological polar surface area (TPSA) is 48.9 Å². The van der Waals surface area contributed by atoms with E-state index in [9.17, 15) is 13.2 Å². The first-order valence-corrected chi connectivity index (χ1v) is 5.26. The molecule has 2 N–H and O–H groups in total. The SMILES string of the molecule is Cc1[nH]c(CO)nc1-c1ccc(C(F)(F)F)cc1. The summed E-state index contributed by atoms with van der Waals surface area (Å²) in [7, 11) is 0. The number of H-pyrrole nitrogens is 1. The van der Waals surface area contributed by atoms with E-state index in [-0.39, 0.29) is 6.61 Å². The van der Waals surface area contributed by atoms with Crippen molar-refractivity contribution >= 4 is 0 Å². The first-order chi connectivity index (χ1) is 8.41. The van der Waals surface area contributed by atoms with Crippen LogP contribution in [0.3, 0.4) is 0 Å². The Morgan fingerprint density at radius 2 is 1.83 bits per heavy atom. The average molecular weight is 256 g/mol. The zero-order chi connectivity index (χ0) is 13.3. The number of halogens is 3. The van der Waals surface area contributed by atoms with E-state index < -0.39 is 11.7 Å². The molecule has 0 saturated carbocycles. The lowest BCUT2D eigenvalue weighted by molar-refractivity contribution is -0.137. The summed E-state index contributed by atoms with van der Waals surface area (Å²) in [6, 6.07) is 4.77. The van der Waals surface area contributed by atoms with Gasteiger partial charge >= 0.3 is 6.18 Å². The summed E-state index contributed by atoms with van der Waals surface area (Å²) in [5.41, 5.74) is 1.14. The maximum atomic E-state index is 12.4. The first kappa shape index (κ1) is 12.6. The van der Waals surface area contributed by atoms with E-state index in [0.717, 1.165) is 12.1 Å². The Labute approximate surface area is 101 Å². The molecule has 0 atom stereocenters. The fourth-order valence-electron chi connectivity index (χ4n) is 1.70. The van der Waals surface area contributed by atoms with Crippen LogP contribution in [0.25, 0.3) is 11.3 Å². The van der Waals surface area contributed by atoms with E-state index in [2.05, 4.69) is 9.97 Å². The lowest BCUT2D eigenvalue weighted by Gasteiger charge is -2.06. The van der Waals surface area contributed by atoms with Crippen LogP contribution in [0.2, 0.25) is 0 Å². The lowest BCUT2D eigenvalue weighted by Crippen LogP contribution is -2.04. The highest BCUT2D eigenvalue weighted by molar-refractivity contribution is 5.62. The lowest BCUT2D eigenvalue weighted by atomic mass is 10.1. The van der Waals surface area contributed by atoms with E-state index in [1.807, 2.05) is 0 Å². The molecule has 2 rings (SSSR count). The maximum Gasteiger partial charge on any atom is 0.416 e. The van der Waals surface area contributed by atoms with Crippen LogP contribution in [0.5, 0.6) is 0 Å². The second-order valence-electron chi connectivity index (χ2n) is 3.89. The Balaban J connectivity index is 2.37. The molecule has 0 aliphatic rings. The molecule has 0 unspecified atom stereocenters. The Kier molecular flexibility index (Phi) is 3.13. The monoisotopic (exact) mass is 256 g/mol. The first-order valence-electron chi connectivity index (χ1n) is 5.26. The highest BCUT2D eigenvalue weighted by Gasteiger charge is 2.30. The molecular formula is C12H11F3N2O. The molecule has 0 bridgehead atoms. The second kappa shape index (κ2) is 4.45. The fraction of sp³-hybridized carbons (Fsp3) is 0.250. The van der Waals surface area contributed by atoms with Crippen LogP contribution in [-0.4, -0.2) is 15.1 Å². The van der Waals surface area contributed by atoms with Gasteiger partial charge in [0.25, 0.3) is 0 Å². The molecule has 1 aromatic heterocycles. The van der Waals surface area contributed by atoms with E-state index in [1.165, 1.54) is 12.1 Å². The standard InChI is InChI=1S/C12H11F3N2O/c1-7-11(17-10(6-18)16-7)8-2-4-9(5-3-8)12(13,14)15/h2-5,18H,6H2,1H3,(H,16,17). The summed E-state index contributed by atoms with van der Waals surface area (Å²) in [5.74, 6) is 0.391. The number of hydrogen-bond acceptors (Lipinski definition) is 2. The molecule has 6 heteroatoms. The van der Waals surface area contributed by atoms with E-state index >= 15 is 0 Å². The van der Waals surface area contributed by atoms with Gasteiger partial charge in [0.2, 0.25) is 0 Å². The zero-order valence-corrected chi connectivity index (χ0v) is 9.54. The van der Waals surface area contributed by atoms with Crippen LogP contribution >= 0.6 is 0 Å². The van der Waals surface area contributed by atoms with Gasteiger partial charge in [-0.05, 0) is 19.1 Å². The Morgan fingerprint density at radius 3 is 2.28 bits per heavy atom. The van der Waals surface area contributed by atoms with E-state index in [4.69, 9.17) is 5.11 Å². The summed E-state index contributed by atoms with van der Waals surface area (Å²) in [4.78, 5) is 6.96. The number of rotatable bonds is 2. The largest absolute Gasteiger partial charge is 0.416 e. The summed E-state index contributed by atoms with van der Waals surface area (Å²) < 4.78 is 37.2. The third-order valence-electron chi connectivity index (χ3n) is 2.57. The molecular weight excluding hydrogens is 245 g/mol. The molecule has 18 heavy (non-hydrogen) atoms. The molecule has 3 nitrogen and oxygen atoms in total. The molecule has 0 radical (unpaired) electrons. The molecule has 96 valence electrons. The number of aromatic nitrogens is 2. The third kappa shape index (κ3) is 2.38. The second-order valence-corrected chi connectivity index (χ2v) is 3.89. The number of aliphatic hydroxyl groups excluding tert-OH is 1. The fourth-order valence-corrected chi connectivity index (χ4v) is 1.70. The highest BCUT2D eigenvalue weighted by atomic mass is 19.4. The van der Waals surface area contributed by atoms with E-state index in [0.29, 0.717) is 22.8 Å². The van der Waals surface area contributed by atoms with Crippen LogP contribution < -0.4 is 0 Å². The molecule has 1 aromatic carbocycles. The van der Waals surface area contributed by atoms with Crippen LogP contribution in [0.15, 0.2) is 24.3 Å². The summed E-state index contributed by atoms with van der Waals surface area (Å²) in [6.07, 6.45) is -4.34. The van der Waals surface area contributed by atoms with Gasteiger partial charge in [0.05, 0.1) is 11.3 Å². The van der Waals surface area contributed by atoms with Crippen LogP contribution in [0.4, 0.5) is 13.2 Å². The van der Waals surface area contributed by atoms with Crippen molar-refractivity contribution in [3.05, 3.63) is 41.3 Å². The number of aliphatic hydroxyl groups is 1. The van der Waals surface area contributed by atoms with Crippen molar-refractivity contribution in [3.8, 4) is 11.3 Å². The van der Waals surface area contributed by atoms with Crippen molar-refractivity contribution < 1.29 is 18.3 Å². The molecule has 0 saturated heterocycles. The van der Waals surface area contributed by atoms with Gasteiger partial charge in [-0.2, -0.15) is 13.2 Å². The van der Waals surface area contributed by atoms with Crippen LogP contribution in [-0.2, 0) is 12.8 Å². The van der Waals surface area contributed by atoms with Gasteiger partial charge in [-0.25, -0.2) is 4.98 Å². The van der Waals surface area contributed by atoms with Gasteiger partial charge < -0.3 is 10.1 Å². The maximum absolute atomic E-state index is 12.4. The molecule has 2 aromatic rings. The Bertz CT molecular complexity index is 543. The number of alkyl halides is 3. The molecule has 0 fully saturated rings. The Hall–Kier alpha value is -1.82. The summed E-state index contributed by atoms with van der Waals surface area (Å²) in [5, 5.41) is 8.93. The van der Waals surface area contributed by atoms with Crippen molar-refractivity contribution in [3.63, 3.8) is 0 Å². The van der Waals surface area contributed by atoms with E-state index in [1.54, 1.807) is 6.92 Å². The number of nitrogens with one attached hydrogen (secondary N) is 1. The smallest absolute Gasteiger partial charge is 0.388 e. The quantitative estimate of drug-likeness (QED) is 0.868. The van der Waals surface area contributed by atoms with Crippen LogP contribution in [0, 0.1) is 6.92 Å². The van der Waals surface area contributed by atoms with Crippen molar-refractivity contribution in [2.75, 3.05) is 0 Å². The summed E-state index contributed by atoms with van der Waals surface area (Å²) in [6.45, 7) is 1.51. The predicted molar refractivity (Wildman–Crippen MR) is 59.7 cm³/mol. The molecule has 0 aliphatic carbocycles. The minimum Gasteiger partial charge on any atom is -0.388 e. The molecule has 0 aliphatic heterocycles. The van der Waals surface area contributed by atoms with Gasteiger partial charge in [0, 0.05) is 11.3 Å². The minimum absolute atomic E-state index is 0.235. The number of benzene rings is 1.